The molecular formula is C18H30N4O2. The van der Waals surface area contributed by atoms with Gasteiger partial charge in [0.2, 0.25) is 5.91 Å². The van der Waals surface area contributed by atoms with Crippen molar-refractivity contribution in [3.8, 4) is 0 Å². The molecule has 1 saturated carbocycles. The van der Waals surface area contributed by atoms with Crippen molar-refractivity contribution in [2.24, 2.45) is 10.9 Å². The molecule has 24 heavy (non-hydrogen) atoms. The summed E-state index contributed by atoms with van der Waals surface area (Å²) in [6.07, 6.45) is 9.04. The molecule has 1 fully saturated rings. The molecule has 1 aromatic rings. The van der Waals surface area contributed by atoms with Crippen LogP contribution in [0.25, 0.3) is 0 Å². The van der Waals surface area contributed by atoms with Crippen molar-refractivity contribution in [3.05, 3.63) is 24.2 Å². The molecule has 0 bridgehead atoms. The van der Waals surface area contributed by atoms with Crippen molar-refractivity contribution >= 4 is 11.9 Å². The van der Waals surface area contributed by atoms with Crippen molar-refractivity contribution in [1.82, 2.24) is 15.5 Å². The third-order valence-electron chi connectivity index (χ3n) is 4.40. The summed E-state index contributed by atoms with van der Waals surface area (Å²) in [5, 5.41) is 6.70. The fourth-order valence-electron chi connectivity index (χ4n) is 2.85. The van der Waals surface area contributed by atoms with Crippen LogP contribution in [0.2, 0.25) is 0 Å². The Morgan fingerprint density at radius 1 is 1.29 bits per heavy atom. The fraction of sp³-hybridized carbons (Fsp3) is 0.667. The van der Waals surface area contributed by atoms with Gasteiger partial charge in [-0.1, -0.05) is 19.3 Å². The van der Waals surface area contributed by atoms with Crippen LogP contribution < -0.4 is 10.6 Å². The summed E-state index contributed by atoms with van der Waals surface area (Å²) in [5.41, 5.74) is 0. The fourth-order valence-corrected chi connectivity index (χ4v) is 2.85. The van der Waals surface area contributed by atoms with Crippen molar-refractivity contribution in [2.45, 2.75) is 38.5 Å². The Morgan fingerprint density at radius 2 is 2.08 bits per heavy atom. The van der Waals surface area contributed by atoms with Crippen LogP contribution in [-0.2, 0) is 11.2 Å². The highest BCUT2D eigenvalue weighted by atomic mass is 16.3. The minimum absolute atomic E-state index is 0.000184. The SMILES string of the molecule is CN(C)C(=O)CN=C(NCCc1ccco1)NCC1CCCCC1. The first-order chi connectivity index (χ1) is 11.6. The maximum Gasteiger partial charge on any atom is 0.243 e. The van der Waals surface area contributed by atoms with Crippen molar-refractivity contribution in [1.29, 1.82) is 0 Å². The summed E-state index contributed by atoms with van der Waals surface area (Å²) >= 11 is 0. The van der Waals surface area contributed by atoms with Crippen LogP contribution in [0.3, 0.4) is 0 Å². The predicted octanol–water partition coefficient (Wildman–Crippen LogP) is 2.03. The summed E-state index contributed by atoms with van der Waals surface area (Å²) in [4.78, 5) is 17.7. The molecule has 0 saturated heterocycles. The lowest BCUT2D eigenvalue weighted by Crippen LogP contribution is -2.41. The van der Waals surface area contributed by atoms with E-state index in [0.29, 0.717) is 11.9 Å². The van der Waals surface area contributed by atoms with Gasteiger partial charge in [-0.2, -0.15) is 0 Å². The second kappa shape index (κ2) is 10.0. The molecule has 6 nitrogen and oxygen atoms in total. The molecule has 0 atom stereocenters. The van der Waals surface area contributed by atoms with Gasteiger partial charge in [0.1, 0.15) is 12.3 Å². The normalized spacial score (nSPS) is 16.0. The number of hydrogen-bond donors (Lipinski definition) is 2. The van der Waals surface area contributed by atoms with E-state index in [1.165, 1.54) is 32.1 Å². The molecule has 0 aromatic carbocycles. The first-order valence-corrected chi connectivity index (χ1v) is 8.90. The Kier molecular flexibility index (Phi) is 7.65. The summed E-state index contributed by atoms with van der Waals surface area (Å²) in [7, 11) is 3.49. The van der Waals surface area contributed by atoms with Gasteiger partial charge in [-0.15, -0.1) is 0 Å². The van der Waals surface area contributed by atoms with Crippen LogP contribution in [0.4, 0.5) is 0 Å². The molecule has 0 aliphatic heterocycles. The van der Waals surface area contributed by atoms with E-state index in [1.54, 1.807) is 25.3 Å². The van der Waals surface area contributed by atoms with Gasteiger partial charge >= 0.3 is 0 Å². The van der Waals surface area contributed by atoms with Crippen LogP contribution in [0, 0.1) is 5.92 Å². The quantitative estimate of drug-likeness (QED) is 0.591. The largest absolute Gasteiger partial charge is 0.469 e. The average molecular weight is 334 g/mol. The third-order valence-corrected chi connectivity index (χ3v) is 4.40. The Labute approximate surface area is 144 Å². The second-order valence-electron chi connectivity index (χ2n) is 6.59. The minimum atomic E-state index is -0.000184. The third kappa shape index (κ3) is 6.64. The molecule has 1 heterocycles. The zero-order valence-corrected chi connectivity index (χ0v) is 14.9. The molecule has 0 spiro atoms. The second-order valence-corrected chi connectivity index (χ2v) is 6.59. The zero-order valence-electron chi connectivity index (χ0n) is 14.9. The number of aliphatic imine (C=N–C) groups is 1. The number of likely N-dealkylation sites (N-methyl/N-ethyl adjacent to an activating group) is 1. The average Bonchev–Trinajstić information content (AvgIpc) is 3.10. The smallest absolute Gasteiger partial charge is 0.243 e. The highest BCUT2D eigenvalue weighted by molar-refractivity contribution is 5.84. The highest BCUT2D eigenvalue weighted by Gasteiger charge is 2.14. The van der Waals surface area contributed by atoms with E-state index in [9.17, 15) is 4.79 Å². The number of carbonyl (C=O) groups excluding carboxylic acids is 1. The maximum atomic E-state index is 11.8. The van der Waals surface area contributed by atoms with Crippen LogP contribution in [0.1, 0.15) is 37.9 Å². The molecule has 1 amide bonds. The van der Waals surface area contributed by atoms with Gasteiger partial charge in [-0.05, 0) is 30.9 Å². The van der Waals surface area contributed by atoms with E-state index >= 15 is 0 Å². The number of amides is 1. The molecule has 0 unspecified atom stereocenters. The van der Waals surface area contributed by atoms with Gasteiger partial charge in [0, 0.05) is 33.6 Å². The standard InChI is InChI=1S/C18H30N4O2/c1-22(2)17(23)14-21-18(19-11-10-16-9-6-12-24-16)20-13-15-7-4-3-5-8-15/h6,9,12,15H,3-5,7-8,10-11,13-14H2,1-2H3,(H2,19,20,21). The number of hydrogen-bond acceptors (Lipinski definition) is 3. The Balaban J connectivity index is 1.81. The van der Waals surface area contributed by atoms with Crippen molar-refractivity contribution < 1.29 is 9.21 Å². The first-order valence-electron chi connectivity index (χ1n) is 8.90. The van der Waals surface area contributed by atoms with Gasteiger partial charge < -0.3 is 20.0 Å². The van der Waals surface area contributed by atoms with Gasteiger partial charge in [0.25, 0.3) is 0 Å². The van der Waals surface area contributed by atoms with Gasteiger partial charge in [0.15, 0.2) is 5.96 Å². The molecular weight excluding hydrogens is 304 g/mol. The molecule has 2 rings (SSSR count). The number of rotatable bonds is 7. The lowest BCUT2D eigenvalue weighted by atomic mass is 9.89. The van der Waals surface area contributed by atoms with Crippen molar-refractivity contribution in [2.75, 3.05) is 33.7 Å². The first kappa shape index (κ1) is 18.4. The van der Waals surface area contributed by atoms with E-state index in [2.05, 4.69) is 15.6 Å². The van der Waals surface area contributed by atoms with Gasteiger partial charge in [0.05, 0.1) is 6.26 Å². The summed E-state index contributed by atoms with van der Waals surface area (Å²) in [6, 6.07) is 3.85. The number of nitrogens with one attached hydrogen (secondary N) is 2. The van der Waals surface area contributed by atoms with E-state index in [-0.39, 0.29) is 12.5 Å². The topological polar surface area (TPSA) is 69.9 Å². The van der Waals surface area contributed by atoms with Crippen LogP contribution >= 0.6 is 0 Å². The number of nitrogens with zero attached hydrogens (tertiary/aromatic N) is 2. The number of carbonyl (C=O) groups is 1. The van der Waals surface area contributed by atoms with E-state index < -0.39 is 0 Å². The molecule has 1 aromatic heterocycles. The predicted molar refractivity (Wildman–Crippen MR) is 96.0 cm³/mol. The van der Waals surface area contributed by atoms with Crippen LogP contribution in [-0.4, -0.2) is 50.5 Å². The Hall–Kier alpha value is -1.98. The molecule has 2 N–H and O–H groups in total. The Morgan fingerprint density at radius 3 is 2.75 bits per heavy atom. The monoisotopic (exact) mass is 334 g/mol. The summed E-state index contributed by atoms with van der Waals surface area (Å²) < 4.78 is 5.34. The lowest BCUT2D eigenvalue weighted by Gasteiger charge is -2.23. The van der Waals surface area contributed by atoms with Crippen LogP contribution in [0.5, 0.6) is 0 Å². The molecule has 1 aliphatic rings. The lowest BCUT2D eigenvalue weighted by molar-refractivity contribution is -0.127. The van der Waals surface area contributed by atoms with Crippen LogP contribution in [0.15, 0.2) is 27.8 Å². The summed E-state index contributed by atoms with van der Waals surface area (Å²) in [5.74, 6) is 2.36. The Bertz CT molecular complexity index is 505. The van der Waals surface area contributed by atoms with Crippen molar-refractivity contribution in [3.63, 3.8) is 0 Å². The van der Waals surface area contributed by atoms with Gasteiger partial charge in [-0.25, -0.2) is 4.99 Å². The van der Waals surface area contributed by atoms with E-state index in [0.717, 1.165) is 25.3 Å². The number of guanidine groups is 1. The highest BCUT2D eigenvalue weighted by Crippen LogP contribution is 2.22. The molecule has 134 valence electrons. The molecule has 0 radical (unpaired) electrons. The molecule has 6 heteroatoms. The van der Waals surface area contributed by atoms with E-state index in [1.807, 2.05) is 12.1 Å². The number of furan rings is 1. The summed E-state index contributed by atoms with van der Waals surface area (Å²) in [6.45, 7) is 1.80. The maximum absolute atomic E-state index is 11.8. The van der Waals surface area contributed by atoms with E-state index in [4.69, 9.17) is 4.42 Å². The minimum Gasteiger partial charge on any atom is -0.469 e. The van der Waals surface area contributed by atoms with Gasteiger partial charge in [-0.3, -0.25) is 4.79 Å². The zero-order chi connectivity index (χ0) is 17.2. The molecule has 1 aliphatic carbocycles.